The van der Waals surface area contributed by atoms with E-state index in [1.807, 2.05) is 48.3 Å². The van der Waals surface area contributed by atoms with Crippen molar-refractivity contribution >= 4 is 11.6 Å². The highest BCUT2D eigenvalue weighted by atomic mass is 16.5. The first-order chi connectivity index (χ1) is 10.2. The fraction of sp³-hybridized carbons (Fsp3) is 0.235. The van der Waals surface area contributed by atoms with Crippen molar-refractivity contribution < 1.29 is 9.53 Å². The Morgan fingerprint density at radius 3 is 2.62 bits per heavy atom. The third-order valence-corrected chi connectivity index (χ3v) is 3.06. The van der Waals surface area contributed by atoms with Crippen LogP contribution >= 0.6 is 0 Å². The zero-order chi connectivity index (χ0) is 15.1. The largest absolute Gasteiger partial charge is 0.497 e. The fourth-order valence-corrected chi connectivity index (χ4v) is 2.10. The van der Waals surface area contributed by atoms with Gasteiger partial charge in [0.1, 0.15) is 5.75 Å². The SMILES string of the molecule is COc1cccc(NC(=O)CN(C)Cc2ccccc2)c1. The molecule has 0 atom stereocenters. The molecule has 0 aliphatic heterocycles. The van der Waals surface area contributed by atoms with E-state index in [0.717, 1.165) is 18.0 Å². The van der Waals surface area contributed by atoms with Gasteiger partial charge in [0.25, 0.3) is 0 Å². The highest BCUT2D eigenvalue weighted by Gasteiger charge is 2.07. The first-order valence-electron chi connectivity index (χ1n) is 6.84. The molecule has 0 bridgehead atoms. The van der Waals surface area contributed by atoms with Crippen molar-refractivity contribution in [2.45, 2.75) is 6.54 Å². The fourth-order valence-electron chi connectivity index (χ4n) is 2.10. The maximum absolute atomic E-state index is 12.0. The molecule has 4 heteroatoms. The number of rotatable bonds is 6. The van der Waals surface area contributed by atoms with Crippen molar-refractivity contribution in [3.63, 3.8) is 0 Å². The van der Waals surface area contributed by atoms with Gasteiger partial charge in [-0.15, -0.1) is 0 Å². The summed E-state index contributed by atoms with van der Waals surface area (Å²) >= 11 is 0. The number of hydrogen-bond donors (Lipinski definition) is 1. The van der Waals surface area contributed by atoms with Gasteiger partial charge in [0.05, 0.1) is 13.7 Å². The molecule has 2 aromatic carbocycles. The van der Waals surface area contributed by atoms with E-state index in [4.69, 9.17) is 4.74 Å². The van der Waals surface area contributed by atoms with Crippen molar-refractivity contribution in [3.8, 4) is 5.75 Å². The van der Waals surface area contributed by atoms with Crippen LogP contribution in [0.4, 0.5) is 5.69 Å². The van der Waals surface area contributed by atoms with Gasteiger partial charge >= 0.3 is 0 Å². The van der Waals surface area contributed by atoms with Crippen LogP contribution in [0.25, 0.3) is 0 Å². The van der Waals surface area contributed by atoms with Crippen LogP contribution in [0.5, 0.6) is 5.75 Å². The third kappa shape index (κ3) is 4.93. The van der Waals surface area contributed by atoms with Crippen LogP contribution in [0.15, 0.2) is 54.6 Å². The van der Waals surface area contributed by atoms with Gasteiger partial charge in [0, 0.05) is 18.3 Å². The quantitative estimate of drug-likeness (QED) is 0.887. The predicted octanol–water partition coefficient (Wildman–Crippen LogP) is 2.77. The normalized spacial score (nSPS) is 10.4. The van der Waals surface area contributed by atoms with Gasteiger partial charge in [0.15, 0.2) is 0 Å². The summed E-state index contributed by atoms with van der Waals surface area (Å²) in [6.45, 7) is 1.08. The molecule has 1 amide bonds. The van der Waals surface area contributed by atoms with Crippen LogP contribution in [-0.4, -0.2) is 31.5 Å². The summed E-state index contributed by atoms with van der Waals surface area (Å²) in [7, 11) is 3.53. The number of carbonyl (C=O) groups is 1. The van der Waals surface area contributed by atoms with E-state index < -0.39 is 0 Å². The van der Waals surface area contributed by atoms with Gasteiger partial charge in [0.2, 0.25) is 5.91 Å². The maximum atomic E-state index is 12.0. The van der Waals surface area contributed by atoms with Crippen LogP contribution in [0, 0.1) is 0 Å². The Bertz CT molecular complexity index is 584. The molecule has 0 aliphatic rings. The van der Waals surface area contributed by atoms with Gasteiger partial charge in [-0.3, -0.25) is 9.69 Å². The Morgan fingerprint density at radius 1 is 1.14 bits per heavy atom. The van der Waals surface area contributed by atoms with Crippen molar-refractivity contribution in [1.82, 2.24) is 4.90 Å². The number of amides is 1. The predicted molar refractivity (Wildman–Crippen MR) is 84.4 cm³/mol. The standard InChI is InChI=1S/C17H20N2O2/c1-19(12-14-7-4-3-5-8-14)13-17(20)18-15-9-6-10-16(11-15)21-2/h3-11H,12-13H2,1-2H3,(H,18,20). The topological polar surface area (TPSA) is 41.6 Å². The molecule has 0 heterocycles. The van der Waals surface area contributed by atoms with Gasteiger partial charge in [-0.2, -0.15) is 0 Å². The third-order valence-electron chi connectivity index (χ3n) is 3.06. The minimum absolute atomic E-state index is 0.0401. The van der Waals surface area contributed by atoms with E-state index >= 15 is 0 Å². The Kier molecular flexibility index (Phi) is 5.35. The van der Waals surface area contributed by atoms with Gasteiger partial charge < -0.3 is 10.1 Å². The zero-order valence-corrected chi connectivity index (χ0v) is 12.4. The lowest BCUT2D eigenvalue weighted by molar-refractivity contribution is -0.117. The van der Waals surface area contributed by atoms with Crippen LogP contribution in [0.3, 0.4) is 0 Å². The van der Waals surface area contributed by atoms with E-state index in [2.05, 4.69) is 17.4 Å². The second kappa shape index (κ2) is 7.45. The minimum Gasteiger partial charge on any atom is -0.497 e. The molecule has 0 aliphatic carbocycles. The molecule has 0 aromatic heterocycles. The van der Waals surface area contributed by atoms with E-state index in [9.17, 15) is 4.79 Å². The molecule has 0 radical (unpaired) electrons. The Hall–Kier alpha value is -2.33. The molecular formula is C17H20N2O2. The number of methoxy groups -OCH3 is 1. The summed E-state index contributed by atoms with van der Waals surface area (Å²) in [4.78, 5) is 14.0. The minimum atomic E-state index is -0.0401. The number of nitrogens with one attached hydrogen (secondary N) is 1. The van der Waals surface area contributed by atoms with Crippen molar-refractivity contribution in [2.75, 3.05) is 26.0 Å². The lowest BCUT2D eigenvalue weighted by atomic mass is 10.2. The average molecular weight is 284 g/mol. The number of hydrogen-bond acceptors (Lipinski definition) is 3. The number of ether oxygens (including phenoxy) is 1. The van der Waals surface area contributed by atoms with Crippen LogP contribution in [0.2, 0.25) is 0 Å². The second-order valence-electron chi connectivity index (χ2n) is 4.94. The van der Waals surface area contributed by atoms with Crippen LogP contribution in [-0.2, 0) is 11.3 Å². The Morgan fingerprint density at radius 2 is 1.90 bits per heavy atom. The molecule has 0 spiro atoms. The molecule has 1 N–H and O–H groups in total. The molecule has 0 fully saturated rings. The summed E-state index contributed by atoms with van der Waals surface area (Å²) in [5.41, 5.74) is 1.93. The highest BCUT2D eigenvalue weighted by Crippen LogP contribution is 2.16. The first kappa shape index (κ1) is 15.1. The number of nitrogens with zero attached hydrogens (tertiary/aromatic N) is 1. The van der Waals surface area contributed by atoms with E-state index in [-0.39, 0.29) is 5.91 Å². The maximum Gasteiger partial charge on any atom is 0.238 e. The Balaban J connectivity index is 1.86. The van der Waals surface area contributed by atoms with Crippen molar-refractivity contribution in [1.29, 1.82) is 0 Å². The molecule has 21 heavy (non-hydrogen) atoms. The van der Waals surface area contributed by atoms with E-state index in [1.165, 1.54) is 5.56 Å². The smallest absolute Gasteiger partial charge is 0.238 e. The van der Waals surface area contributed by atoms with E-state index in [0.29, 0.717) is 6.54 Å². The first-order valence-corrected chi connectivity index (χ1v) is 6.84. The Labute approximate surface area is 125 Å². The lowest BCUT2D eigenvalue weighted by Crippen LogP contribution is -2.29. The van der Waals surface area contributed by atoms with Crippen LogP contribution < -0.4 is 10.1 Å². The highest BCUT2D eigenvalue weighted by molar-refractivity contribution is 5.92. The zero-order valence-electron chi connectivity index (χ0n) is 12.4. The van der Waals surface area contributed by atoms with Gasteiger partial charge in [-0.05, 0) is 24.7 Å². The summed E-state index contributed by atoms with van der Waals surface area (Å²) in [6, 6.07) is 17.4. The summed E-state index contributed by atoms with van der Waals surface area (Å²) < 4.78 is 5.13. The lowest BCUT2D eigenvalue weighted by Gasteiger charge is -2.16. The summed E-state index contributed by atoms with van der Waals surface area (Å²) in [6.07, 6.45) is 0. The molecule has 0 unspecified atom stereocenters. The molecule has 2 aromatic rings. The molecule has 110 valence electrons. The molecule has 2 rings (SSSR count). The van der Waals surface area contributed by atoms with Crippen LogP contribution in [0.1, 0.15) is 5.56 Å². The number of carbonyl (C=O) groups excluding carboxylic acids is 1. The molecule has 0 saturated carbocycles. The monoisotopic (exact) mass is 284 g/mol. The van der Waals surface area contributed by atoms with E-state index in [1.54, 1.807) is 13.2 Å². The number of anilines is 1. The number of likely N-dealkylation sites (N-methyl/N-ethyl adjacent to an activating group) is 1. The average Bonchev–Trinajstić information content (AvgIpc) is 2.48. The van der Waals surface area contributed by atoms with Crippen molar-refractivity contribution in [2.24, 2.45) is 0 Å². The second-order valence-corrected chi connectivity index (χ2v) is 4.94. The van der Waals surface area contributed by atoms with Gasteiger partial charge in [-0.25, -0.2) is 0 Å². The van der Waals surface area contributed by atoms with Gasteiger partial charge in [-0.1, -0.05) is 36.4 Å². The molecule has 0 saturated heterocycles. The van der Waals surface area contributed by atoms with Crippen molar-refractivity contribution in [3.05, 3.63) is 60.2 Å². The number of benzene rings is 2. The molecule has 4 nitrogen and oxygen atoms in total. The summed E-state index contributed by atoms with van der Waals surface area (Å²) in [5, 5.41) is 2.87. The summed E-state index contributed by atoms with van der Waals surface area (Å²) in [5.74, 6) is 0.687. The molecular weight excluding hydrogens is 264 g/mol.